The van der Waals surface area contributed by atoms with Gasteiger partial charge in [0.05, 0.1) is 0 Å². The Hall–Kier alpha value is -6.07. The molecule has 9 aromatic rings. The van der Waals surface area contributed by atoms with Crippen LogP contribution in [-0.2, 0) is 0 Å². The highest BCUT2D eigenvalue weighted by Gasteiger charge is 2.19. The molecule has 0 saturated heterocycles. The first-order valence-corrected chi connectivity index (χ1v) is 14.5. The van der Waals surface area contributed by atoms with Crippen LogP contribution in [0.2, 0.25) is 0 Å². The molecule has 0 spiro atoms. The number of hydrogen-bond acceptors (Lipinski definition) is 5. The van der Waals surface area contributed by atoms with E-state index in [9.17, 15) is 0 Å². The SMILES string of the molecule is c1ccc(-c2ccc3c(c2)oc2cccc(-c4nc(-c5ccccc5)nc(-c5ccc6oc7ccccc7c6c5)n4)c23)cc1. The van der Waals surface area contributed by atoms with E-state index in [1.54, 1.807) is 0 Å². The molecule has 6 aromatic carbocycles. The van der Waals surface area contributed by atoms with Gasteiger partial charge in [0.25, 0.3) is 0 Å². The lowest BCUT2D eigenvalue weighted by Gasteiger charge is -2.09. The van der Waals surface area contributed by atoms with Crippen LogP contribution in [0, 0.1) is 0 Å². The van der Waals surface area contributed by atoms with Crippen LogP contribution in [0.4, 0.5) is 0 Å². The summed E-state index contributed by atoms with van der Waals surface area (Å²) in [5.74, 6) is 1.79. The Balaban J connectivity index is 1.26. The molecule has 9 rings (SSSR count). The van der Waals surface area contributed by atoms with Gasteiger partial charge < -0.3 is 8.83 Å². The minimum absolute atomic E-state index is 0.589. The lowest BCUT2D eigenvalue weighted by Crippen LogP contribution is -2.00. The molecule has 44 heavy (non-hydrogen) atoms. The van der Waals surface area contributed by atoms with Crippen LogP contribution in [-0.4, -0.2) is 15.0 Å². The van der Waals surface area contributed by atoms with Crippen LogP contribution >= 0.6 is 0 Å². The molecule has 0 aliphatic rings. The lowest BCUT2D eigenvalue weighted by atomic mass is 10.0. The van der Waals surface area contributed by atoms with Crippen molar-refractivity contribution in [3.8, 4) is 45.3 Å². The monoisotopic (exact) mass is 565 g/mol. The number of rotatable bonds is 4. The van der Waals surface area contributed by atoms with Crippen molar-refractivity contribution >= 4 is 43.9 Å². The van der Waals surface area contributed by atoms with Crippen LogP contribution in [0.3, 0.4) is 0 Å². The average Bonchev–Trinajstić information content (AvgIpc) is 3.66. The van der Waals surface area contributed by atoms with E-state index in [1.807, 2.05) is 91.0 Å². The second-order valence-corrected chi connectivity index (χ2v) is 10.8. The van der Waals surface area contributed by atoms with Crippen molar-refractivity contribution in [3.63, 3.8) is 0 Å². The molecule has 0 aliphatic heterocycles. The van der Waals surface area contributed by atoms with E-state index >= 15 is 0 Å². The Morgan fingerprint density at radius 3 is 1.82 bits per heavy atom. The summed E-state index contributed by atoms with van der Waals surface area (Å²) >= 11 is 0. The van der Waals surface area contributed by atoms with Gasteiger partial charge in [0.2, 0.25) is 0 Å². The van der Waals surface area contributed by atoms with Gasteiger partial charge in [0.15, 0.2) is 17.5 Å². The van der Waals surface area contributed by atoms with Gasteiger partial charge in [-0.3, -0.25) is 0 Å². The number of furan rings is 2. The largest absolute Gasteiger partial charge is 0.456 e. The summed E-state index contributed by atoms with van der Waals surface area (Å²) in [6.07, 6.45) is 0. The number of benzene rings is 6. The molecule has 0 atom stereocenters. The zero-order valence-electron chi connectivity index (χ0n) is 23.4. The number of fused-ring (bicyclic) bond motifs is 6. The highest BCUT2D eigenvalue weighted by Crippen LogP contribution is 2.38. The molecule has 206 valence electrons. The van der Waals surface area contributed by atoms with Crippen molar-refractivity contribution in [2.75, 3.05) is 0 Å². The van der Waals surface area contributed by atoms with Crippen molar-refractivity contribution in [2.24, 2.45) is 0 Å². The van der Waals surface area contributed by atoms with Crippen LogP contribution in [0.5, 0.6) is 0 Å². The fraction of sp³-hybridized carbons (Fsp3) is 0. The lowest BCUT2D eigenvalue weighted by molar-refractivity contribution is 0.668. The molecule has 3 heterocycles. The molecule has 5 heteroatoms. The maximum atomic E-state index is 6.41. The first-order chi connectivity index (χ1) is 21.8. The highest BCUT2D eigenvalue weighted by molar-refractivity contribution is 6.12. The molecule has 0 aliphatic carbocycles. The Morgan fingerprint density at radius 1 is 0.341 bits per heavy atom. The topological polar surface area (TPSA) is 65.0 Å². The van der Waals surface area contributed by atoms with Crippen molar-refractivity contribution in [1.29, 1.82) is 0 Å². The first-order valence-electron chi connectivity index (χ1n) is 14.5. The summed E-state index contributed by atoms with van der Waals surface area (Å²) in [6, 6.07) is 47.0. The molecule has 0 amide bonds. The molecular weight excluding hydrogens is 542 g/mol. The third-order valence-corrected chi connectivity index (χ3v) is 8.15. The first kappa shape index (κ1) is 24.5. The third-order valence-electron chi connectivity index (χ3n) is 8.15. The van der Waals surface area contributed by atoms with Crippen molar-refractivity contribution in [1.82, 2.24) is 15.0 Å². The molecule has 0 unspecified atom stereocenters. The molecular formula is C39H23N3O2. The van der Waals surface area contributed by atoms with E-state index in [0.717, 1.165) is 71.7 Å². The molecule has 0 N–H and O–H groups in total. The molecule has 0 fully saturated rings. The van der Waals surface area contributed by atoms with E-state index in [0.29, 0.717) is 17.5 Å². The summed E-state index contributed by atoms with van der Waals surface area (Å²) in [5.41, 5.74) is 8.25. The van der Waals surface area contributed by atoms with Crippen LogP contribution < -0.4 is 0 Å². The van der Waals surface area contributed by atoms with E-state index in [-0.39, 0.29) is 0 Å². The zero-order valence-corrected chi connectivity index (χ0v) is 23.4. The van der Waals surface area contributed by atoms with Gasteiger partial charge in [-0.2, -0.15) is 0 Å². The predicted octanol–water partition coefficient (Wildman–Crippen LogP) is 10.3. The Bertz CT molecular complexity index is 2500. The molecule has 0 bridgehead atoms. The van der Waals surface area contributed by atoms with Gasteiger partial charge >= 0.3 is 0 Å². The predicted molar refractivity (Wildman–Crippen MR) is 176 cm³/mol. The maximum Gasteiger partial charge on any atom is 0.164 e. The van der Waals surface area contributed by atoms with E-state index in [1.165, 1.54) is 0 Å². The van der Waals surface area contributed by atoms with E-state index in [2.05, 4.69) is 48.5 Å². The second-order valence-electron chi connectivity index (χ2n) is 10.8. The minimum Gasteiger partial charge on any atom is -0.456 e. The maximum absolute atomic E-state index is 6.41. The number of aromatic nitrogens is 3. The molecule has 5 nitrogen and oxygen atoms in total. The minimum atomic E-state index is 0.589. The van der Waals surface area contributed by atoms with Gasteiger partial charge in [0.1, 0.15) is 22.3 Å². The summed E-state index contributed by atoms with van der Waals surface area (Å²) in [6.45, 7) is 0. The van der Waals surface area contributed by atoms with E-state index < -0.39 is 0 Å². The third kappa shape index (κ3) is 3.98. The van der Waals surface area contributed by atoms with Gasteiger partial charge in [-0.1, -0.05) is 97.1 Å². The molecule has 0 radical (unpaired) electrons. The highest BCUT2D eigenvalue weighted by atomic mass is 16.3. The Labute approximate surface area is 252 Å². The smallest absolute Gasteiger partial charge is 0.164 e. The van der Waals surface area contributed by atoms with Crippen LogP contribution in [0.15, 0.2) is 148 Å². The van der Waals surface area contributed by atoms with Gasteiger partial charge in [-0.15, -0.1) is 0 Å². The average molecular weight is 566 g/mol. The van der Waals surface area contributed by atoms with Crippen molar-refractivity contribution in [2.45, 2.75) is 0 Å². The number of nitrogens with zero attached hydrogens (tertiary/aromatic N) is 3. The fourth-order valence-corrected chi connectivity index (χ4v) is 6.03. The summed E-state index contributed by atoms with van der Waals surface area (Å²) in [5, 5.41) is 4.09. The van der Waals surface area contributed by atoms with E-state index in [4.69, 9.17) is 23.8 Å². The van der Waals surface area contributed by atoms with Gasteiger partial charge in [-0.25, -0.2) is 15.0 Å². The van der Waals surface area contributed by atoms with Crippen molar-refractivity contribution < 1.29 is 8.83 Å². The Morgan fingerprint density at radius 2 is 0.977 bits per heavy atom. The number of para-hydroxylation sites is 1. The standard InChI is InChI=1S/C39H23N3O2/c1-3-10-24(11-4-1)26-18-20-29-35(23-26)44-34-17-9-15-30(36(29)34)39-41-37(25-12-5-2-6-13-25)40-38(42-39)27-19-21-33-31(22-27)28-14-7-8-16-32(28)43-33/h1-23H. The second kappa shape index (κ2) is 9.75. The zero-order chi connectivity index (χ0) is 29.0. The summed E-state index contributed by atoms with van der Waals surface area (Å²) in [4.78, 5) is 15.1. The van der Waals surface area contributed by atoms with Crippen molar-refractivity contribution in [3.05, 3.63) is 140 Å². The number of hydrogen-bond donors (Lipinski definition) is 0. The van der Waals surface area contributed by atoms with Gasteiger partial charge in [-0.05, 0) is 53.6 Å². The normalized spacial score (nSPS) is 11.6. The quantitative estimate of drug-likeness (QED) is 0.212. The summed E-state index contributed by atoms with van der Waals surface area (Å²) < 4.78 is 12.5. The fourth-order valence-electron chi connectivity index (χ4n) is 6.03. The molecule has 3 aromatic heterocycles. The summed E-state index contributed by atoms with van der Waals surface area (Å²) in [7, 11) is 0. The van der Waals surface area contributed by atoms with Crippen LogP contribution in [0.1, 0.15) is 0 Å². The van der Waals surface area contributed by atoms with Crippen LogP contribution in [0.25, 0.3) is 89.2 Å². The molecule has 0 saturated carbocycles. The Kier molecular flexibility index (Phi) is 5.43. The van der Waals surface area contributed by atoms with Gasteiger partial charge in [0, 0.05) is 38.2 Å².